The van der Waals surface area contributed by atoms with E-state index in [-0.39, 0.29) is 6.04 Å². The summed E-state index contributed by atoms with van der Waals surface area (Å²) in [6.45, 7) is 0.992. The fourth-order valence-electron chi connectivity index (χ4n) is 2.51. The molecule has 0 radical (unpaired) electrons. The van der Waals surface area contributed by atoms with E-state index < -0.39 is 5.97 Å². The van der Waals surface area contributed by atoms with Crippen LogP contribution in [0.2, 0.25) is 0 Å². The Balaban J connectivity index is 1.97. The van der Waals surface area contributed by atoms with E-state index in [1.807, 2.05) is 11.8 Å². The number of aliphatic carboxylic acids is 1. The second-order valence-corrected chi connectivity index (χ2v) is 5.30. The Kier molecular flexibility index (Phi) is 3.34. The van der Waals surface area contributed by atoms with Gasteiger partial charge in [0.2, 0.25) is 0 Å². The van der Waals surface area contributed by atoms with Gasteiger partial charge in [-0.1, -0.05) is 0 Å². The molecule has 0 aromatic rings. The van der Waals surface area contributed by atoms with Crippen molar-refractivity contribution in [2.75, 3.05) is 18.1 Å². The number of hydrogen-bond donors (Lipinski definition) is 1. The number of carboxylic acids is 1. The first-order chi connectivity index (χ1) is 6.79. The van der Waals surface area contributed by atoms with Crippen LogP contribution in [0.25, 0.3) is 0 Å². The highest BCUT2D eigenvalue weighted by molar-refractivity contribution is 7.99. The van der Waals surface area contributed by atoms with Crippen LogP contribution in [0.5, 0.6) is 0 Å². The average molecular weight is 215 g/mol. The van der Waals surface area contributed by atoms with Gasteiger partial charge in [0.1, 0.15) is 6.04 Å². The summed E-state index contributed by atoms with van der Waals surface area (Å²) in [7, 11) is 0. The maximum absolute atomic E-state index is 11.0. The lowest BCUT2D eigenvalue weighted by Crippen LogP contribution is -2.44. The van der Waals surface area contributed by atoms with E-state index in [0.29, 0.717) is 6.04 Å². The normalized spacial score (nSPS) is 30.7. The highest BCUT2D eigenvalue weighted by atomic mass is 32.2. The van der Waals surface area contributed by atoms with E-state index in [2.05, 4.69) is 4.90 Å². The molecular formula is C10H17NO2S. The molecule has 2 aliphatic rings. The molecule has 2 fully saturated rings. The zero-order chi connectivity index (χ0) is 9.97. The van der Waals surface area contributed by atoms with E-state index in [9.17, 15) is 4.79 Å². The van der Waals surface area contributed by atoms with Crippen LogP contribution in [0.15, 0.2) is 0 Å². The van der Waals surface area contributed by atoms with E-state index >= 15 is 0 Å². The topological polar surface area (TPSA) is 40.5 Å². The number of hydrogen-bond acceptors (Lipinski definition) is 3. The van der Waals surface area contributed by atoms with Gasteiger partial charge in [0.05, 0.1) is 0 Å². The maximum Gasteiger partial charge on any atom is 0.320 e. The summed E-state index contributed by atoms with van der Waals surface area (Å²) in [5.74, 6) is 1.78. The van der Waals surface area contributed by atoms with Crippen molar-refractivity contribution in [3.05, 3.63) is 0 Å². The highest BCUT2D eigenvalue weighted by Crippen LogP contribution is 2.28. The third-order valence-electron chi connectivity index (χ3n) is 3.24. The van der Waals surface area contributed by atoms with Crippen molar-refractivity contribution >= 4 is 17.7 Å². The molecule has 14 heavy (non-hydrogen) atoms. The van der Waals surface area contributed by atoms with Crippen LogP contribution in [0.3, 0.4) is 0 Å². The molecule has 1 N–H and O–H groups in total. The first-order valence-electron chi connectivity index (χ1n) is 5.35. The summed E-state index contributed by atoms with van der Waals surface area (Å²) in [4.78, 5) is 13.2. The molecule has 2 aliphatic heterocycles. The smallest absolute Gasteiger partial charge is 0.320 e. The third-order valence-corrected chi connectivity index (χ3v) is 4.29. The number of carboxylic acid groups (broad SMARTS) is 1. The fourth-order valence-corrected chi connectivity index (χ4v) is 3.59. The van der Waals surface area contributed by atoms with Crippen LogP contribution < -0.4 is 0 Å². The Bertz CT molecular complexity index is 216. The molecule has 2 heterocycles. The molecule has 0 aromatic carbocycles. The van der Waals surface area contributed by atoms with Crippen molar-refractivity contribution in [3.63, 3.8) is 0 Å². The molecule has 1 atom stereocenters. The maximum atomic E-state index is 11.0. The predicted molar refractivity (Wildman–Crippen MR) is 57.7 cm³/mol. The van der Waals surface area contributed by atoms with Gasteiger partial charge in [-0.25, -0.2) is 0 Å². The SMILES string of the molecule is O=C(O)[C@@H]1CCCN1C1CCSCC1. The monoisotopic (exact) mass is 215 g/mol. The quantitative estimate of drug-likeness (QED) is 0.756. The van der Waals surface area contributed by atoms with Crippen LogP contribution in [0.1, 0.15) is 25.7 Å². The van der Waals surface area contributed by atoms with E-state index in [0.717, 1.165) is 19.4 Å². The van der Waals surface area contributed by atoms with Crippen LogP contribution in [0, 0.1) is 0 Å². The Morgan fingerprint density at radius 2 is 2.00 bits per heavy atom. The second-order valence-electron chi connectivity index (χ2n) is 4.08. The minimum absolute atomic E-state index is 0.192. The zero-order valence-electron chi connectivity index (χ0n) is 8.32. The highest BCUT2D eigenvalue weighted by Gasteiger charge is 2.35. The standard InChI is InChI=1S/C10H17NO2S/c12-10(13)9-2-1-5-11(9)8-3-6-14-7-4-8/h8-9H,1-7H2,(H,12,13)/t9-/m0/s1. The Labute approximate surface area is 88.9 Å². The lowest BCUT2D eigenvalue weighted by molar-refractivity contribution is -0.143. The van der Waals surface area contributed by atoms with Crippen LogP contribution in [0.4, 0.5) is 0 Å². The van der Waals surface area contributed by atoms with Gasteiger partial charge in [0.15, 0.2) is 0 Å². The third kappa shape index (κ3) is 2.06. The molecule has 3 nitrogen and oxygen atoms in total. The minimum atomic E-state index is -0.624. The predicted octanol–water partition coefficient (Wildman–Crippen LogP) is 1.43. The molecular weight excluding hydrogens is 198 g/mol. The first kappa shape index (κ1) is 10.3. The molecule has 80 valence electrons. The number of thioether (sulfide) groups is 1. The molecule has 0 aliphatic carbocycles. The van der Waals surface area contributed by atoms with Gasteiger partial charge < -0.3 is 5.11 Å². The molecule has 0 spiro atoms. The van der Waals surface area contributed by atoms with Gasteiger partial charge in [-0.05, 0) is 43.7 Å². The molecule has 4 heteroatoms. The van der Waals surface area contributed by atoms with Crippen molar-refractivity contribution in [1.82, 2.24) is 4.90 Å². The summed E-state index contributed by atoms with van der Waals surface area (Å²) in [5, 5.41) is 9.07. The van der Waals surface area contributed by atoms with Crippen LogP contribution >= 0.6 is 11.8 Å². The lowest BCUT2D eigenvalue weighted by Gasteiger charge is -2.33. The number of nitrogens with zero attached hydrogens (tertiary/aromatic N) is 1. The minimum Gasteiger partial charge on any atom is -0.480 e. The second kappa shape index (κ2) is 4.53. The van der Waals surface area contributed by atoms with Gasteiger partial charge in [-0.2, -0.15) is 11.8 Å². The summed E-state index contributed by atoms with van der Waals surface area (Å²) >= 11 is 1.99. The van der Waals surface area contributed by atoms with Gasteiger partial charge in [0, 0.05) is 6.04 Å². The Morgan fingerprint density at radius 3 is 2.64 bits per heavy atom. The van der Waals surface area contributed by atoms with Crippen molar-refractivity contribution in [2.24, 2.45) is 0 Å². The zero-order valence-corrected chi connectivity index (χ0v) is 9.13. The number of likely N-dealkylation sites (tertiary alicyclic amines) is 1. The number of rotatable bonds is 2. The molecule has 0 aromatic heterocycles. The first-order valence-corrected chi connectivity index (χ1v) is 6.51. The summed E-state index contributed by atoms with van der Waals surface area (Å²) in [6, 6.07) is 0.350. The molecule has 2 saturated heterocycles. The van der Waals surface area contributed by atoms with Crippen molar-refractivity contribution < 1.29 is 9.90 Å². The molecule has 2 rings (SSSR count). The average Bonchev–Trinajstić information content (AvgIpc) is 2.67. The summed E-state index contributed by atoms with van der Waals surface area (Å²) in [5.41, 5.74) is 0. The van der Waals surface area contributed by atoms with Gasteiger partial charge in [0.25, 0.3) is 0 Å². The number of carbonyl (C=O) groups is 1. The van der Waals surface area contributed by atoms with E-state index in [1.54, 1.807) is 0 Å². The van der Waals surface area contributed by atoms with Crippen LogP contribution in [-0.4, -0.2) is 46.1 Å². The van der Waals surface area contributed by atoms with Crippen molar-refractivity contribution in [3.8, 4) is 0 Å². The van der Waals surface area contributed by atoms with Crippen molar-refractivity contribution in [2.45, 2.75) is 37.8 Å². The summed E-state index contributed by atoms with van der Waals surface area (Å²) < 4.78 is 0. The molecule has 0 unspecified atom stereocenters. The largest absolute Gasteiger partial charge is 0.480 e. The lowest BCUT2D eigenvalue weighted by atomic mass is 10.1. The van der Waals surface area contributed by atoms with Crippen LogP contribution in [-0.2, 0) is 4.79 Å². The van der Waals surface area contributed by atoms with Gasteiger partial charge >= 0.3 is 5.97 Å². The molecule has 0 amide bonds. The van der Waals surface area contributed by atoms with E-state index in [1.165, 1.54) is 24.3 Å². The molecule has 0 bridgehead atoms. The van der Waals surface area contributed by atoms with E-state index in [4.69, 9.17) is 5.11 Å². The summed E-state index contributed by atoms with van der Waals surface area (Å²) in [6.07, 6.45) is 4.25. The molecule has 0 saturated carbocycles. The van der Waals surface area contributed by atoms with Crippen molar-refractivity contribution in [1.29, 1.82) is 0 Å². The Hall–Kier alpha value is -0.220. The van der Waals surface area contributed by atoms with Gasteiger partial charge in [-0.3, -0.25) is 9.69 Å². The fraction of sp³-hybridized carbons (Fsp3) is 0.900. The van der Waals surface area contributed by atoms with Gasteiger partial charge in [-0.15, -0.1) is 0 Å². The Morgan fingerprint density at radius 1 is 1.29 bits per heavy atom.